The Balaban J connectivity index is 2.14. The Bertz CT molecular complexity index is 559. The van der Waals surface area contributed by atoms with E-state index in [1.54, 1.807) is 18.1 Å². The lowest BCUT2D eigenvalue weighted by molar-refractivity contribution is -0.121. The van der Waals surface area contributed by atoms with Crippen LogP contribution in [0.2, 0.25) is 5.28 Å². The number of hydrogen-bond donors (Lipinski definition) is 0. The second-order valence-electron chi connectivity index (χ2n) is 6.12. The molecular weight excluding hydrogens is 288 g/mol. The first kappa shape index (κ1) is 14.6. The lowest BCUT2D eigenvalue weighted by Crippen LogP contribution is -2.46. The highest BCUT2D eigenvalue weighted by atomic mass is 35.5. The van der Waals surface area contributed by atoms with Crippen molar-refractivity contribution in [1.29, 1.82) is 0 Å². The van der Waals surface area contributed by atoms with Crippen molar-refractivity contribution in [3.63, 3.8) is 0 Å². The van der Waals surface area contributed by atoms with Crippen molar-refractivity contribution in [3.05, 3.63) is 11.5 Å². The quantitative estimate of drug-likeness (QED) is 0.749. The van der Waals surface area contributed by atoms with Gasteiger partial charge in [0.15, 0.2) is 5.82 Å². The Hall–Kier alpha value is -1.36. The first-order valence-corrected chi connectivity index (χ1v) is 7.97. The van der Waals surface area contributed by atoms with Gasteiger partial charge in [-0.15, -0.1) is 0 Å². The van der Waals surface area contributed by atoms with Gasteiger partial charge in [0.25, 0.3) is 0 Å². The van der Waals surface area contributed by atoms with Gasteiger partial charge in [0, 0.05) is 19.1 Å². The topological polar surface area (TPSA) is 49.3 Å². The van der Waals surface area contributed by atoms with Crippen LogP contribution in [0.15, 0.2) is 6.20 Å². The van der Waals surface area contributed by atoms with Crippen molar-refractivity contribution in [1.82, 2.24) is 9.97 Å². The Labute approximate surface area is 130 Å². The molecule has 0 bridgehead atoms. The van der Waals surface area contributed by atoms with Crippen molar-refractivity contribution < 1.29 is 4.79 Å². The molecule has 1 saturated carbocycles. The third-order valence-electron chi connectivity index (χ3n) is 4.93. The zero-order valence-electron chi connectivity index (χ0n) is 12.7. The maximum atomic E-state index is 12.6. The summed E-state index contributed by atoms with van der Waals surface area (Å²) in [6.07, 6.45) is 6.43. The number of carbonyl (C=O) groups is 1. The van der Waals surface area contributed by atoms with Crippen molar-refractivity contribution in [2.75, 3.05) is 16.8 Å². The summed E-state index contributed by atoms with van der Waals surface area (Å²) in [5.41, 5.74) is 0.757. The molecule has 1 aliphatic heterocycles. The SMILES string of the molecule is CC1C(=O)N(C)c2cnc(Cl)nc2N(C2CCCC2)C1C. The third-order valence-corrected chi connectivity index (χ3v) is 5.11. The Morgan fingerprint density at radius 2 is 1.95 bits per heavy atom. The maximum Gasteiger partial charge on any atom is 0.231 e. The summed E-state index contributed by atoms with van der Waals surface area (Å²) >= 11 is 6.02. The molecule has 1 fully saturated rings. The number of aromatic nitrogens is 2. The van der Waals surface area contributed by atoms with Crippen LogP contribution in [0.1, 0.15) is 39.5 Å². The minimum absolute atomic E-state index is 0.0800. The van der Waals surface area contributed by atoms with Crippen LogP contribution >= 0.6 is 11.6 Å². The van der Waals surface area contributed by atoms with Crippen molar-refractivity contribution >= 4 is 29.0 Å². The molecule has 1 aliphatic carbocycles. The number of halogens is 1. The predicted octanol–water partition coefficient (Wildman–Crippen LogP) is 2.88. The van der Waals surface area contributed by atoms with E-state index in [1.165, 1.54) is 12.8 Å². The predicted molar refractivity (Wildman–Crippen MR) is 83.8 cm³/mol. The van der Waals surface area contributed by atoms with Gasteiger partial charge in [0.2, 0.25) is 11.2 Å². The summed E-state index contributed by atoms with van der Waals surface area (Å²) in [6, 6.07) is 0.543. The van der Waals surface area contributed by atoms with Crippen LogP contribution in [0.3, 0.4) is 0 Å². The van der Waals surface area contributed by atoms with E-state index in [2.05, 4.69) is 21.8 Å². The van der Waals surface area contributed by atoms with Gasteiger partial charge >= 0.3 is 0 Å². The van der Waals surface area contributed by atoms with E-state index in [0.717, 1.165) is 24.3 Å². The number of hydrogen-bond acceptors (Lipinski definition) is 4. The number of amides is 1. The van der Waals surface area contributed by atoms with Gasteiger partial charge in [-0.1, -0.05) is 19.8 Å². The molecule has 0 radical (unpaired) electrons. The van der Waals surface area contributed by atoms with Crippen LogP contribution in [0, 0.1) is 5.92 Å². The zero-order chi connectivity index (χ0) is 15.1. The molecule has 2 unspecified atom stereocenters. The van der Waals surface area contributed by atoms with Crippen molar-refractivity contribution in [3.8, 4) is 0 Å². The van der Waals surface area contributed by atoms with Crippen LogP contribution in [0.25, 0.3) is 0 Å². The van der Waals surface area contributed by atoms with Crippen LogP contribution in [-0.4, -0.2) is 35.0 Å². The van der Waals surface area contributed by atoms with E-state index in [-0.39, 0.29) is 23.2 Å². The number of rotatable bonds is 1. The molecule has 1 amide bonds. The highest BCUT2D eigenvalue weighted by molar-refractivity contribution is 6.28. The van der Waals surface area contributed by atoms with Crippen molar-refractivity contribution in [2.45, 2.75) is 51.6 Å². The van der Waals surface area contributed by atoms with E-state index in [0.29, 0.717) is 6.04 Å². The third kappa shape index (κ3) is 2.37. The van der Waals surface area contributed by atoms with Gasteiger partial charge in [-0.05, 0) is 31.4 Å². The lowest BCUT2D eigenvalue weighted by atomic mass is 9.99. The highest BCUT2D eigenvalue weighted by Crippen LogP contribution is 2.39. The van der Waals surface area contributed by atoms with Gasteiger partial charge in [0.05, 0.1) is 12.1 Å². The molecular formula is C15H21ClN4O. The van der Waals surface area contributed by atoms with Crippen molar-refractivity contribution in [2.24, 2.45) is 5.92 Å². The molecule has 2 atom stereocenters. The number of anilines is 2. The first-order chi connectivity index (χ1) is 10.0. The first-order valence-electron chi connectivity index (χ1n) is 7.59. The largest absolute Gasteiger partial charge is 0.348 e. The molecule has 21 heavy (non-hydrogen) atoms. The Kier molecular flexibility index (Phi) is 3.78. The van der Waals surface area contributed by atoms with Gasteiger partial charge in [-0.3, -0.25) is 4.79 Å². The van der Waals surface area contributed by atoms with Gasteiger partial charge < -0.3 is 9.80 Å². The highest BCUT2D eigenvalue weighted by Gasteiger charge is 2.39. The molecule has 0 saturated heterocycles. The molecule has 2 aliphatic rings. The summed E-state index contributed by atoms with van der Waals surface area (Å²) in [4.78, 5) is 25.1. The van der Waals surface area contributed by atoms with Gasteiger partial charge in [-0.2, -0.15) is 4.98 Å². The van der Waals surface area contributed by atoms with E-state index in [4.69, 9.17) is 11.6 Å². The lowest BCUT2D eigenvalue weighted by Gasteiger charge is -2.36. The molecule has 114 valence electrons. The summed E-state index contributed by atoms with van der Waals surface area (Å²) in [5, 5.41) is 0.236. The molecule has 1 aromatic rings. The van der Waals surface area contributed by atoms with E-state index < -0.39 is 0 Å². The molecule has 6 heteroatoms. The smallest absolute Gasteiger partial charge is 0.231 e. The summed E-state index contributed by atoms with van der Waals surface area (Å²) in [6.45, 7) is 4.10. The average Bonchev–Trinajstić information content (AvgIpc) is 2.97. The Morgan fingerprint density at radius 3 is 2.62 bits per heavy atom. The van der Waals surface area contributed by atoms with Gasteiger partial charge in [0.1, 0.15) is 5.69 Å². The van der Waals surface area contributed by atoms with Crippen LogP contribution < -0.4 is 9.80 Å². The fourth-order valence-electron chi connectivity index (χ4n) is 3.52. The summed E-state index contributed by atoms with van der Waals surface area (Å²) in [5.74, 6) is 0.827. The van der Waals surface area contributed by atoms with E-state index in [9.17, 15) is 4.79 Å². The number of fused-ring (bicyclic) bond motifs is 1. The van der Waals surface area contributed by atoms with Crippen LogP contribution in [-0.2, 0) is 4.79 Å². The van der Waals surface area contributed by atoms with Crippen LogP contribution in [0.4, 0.5) is 11.5 Å². The standard InChI is InChI=1S/C15H21ClN4O/c1-9-10(2)20(11-6-4-5-7-11)13-12(19(3)14(9)21)8-17-15(16)18-13/h8-11H,4-7H2,1-3H3. The van der Waals surface area contributed by atoms with Crippen LogP contribution in [0.5, 0.6) is 0 Å². The molecule has 5 nitrogen and oxygen atoms in total. The van der Waals surface area contributed by atoms with Gasteiger partial charge in [-0.25, -0.2) is 4.98 Å². The van der Waals surface area contributed by atoms with E-state index in [1.807, 2.05) is 6.92 Å². The minimum atomic E-state index is -0.0800. The maximum absolute atomic E-state index is 12.6. The molecule has 2 heterocycles. The fraction of sp³-hybridized carbons (Fsp3) is 0.667. The number of nitrogens with zero attached hydrogens (tertiary/aromatic N) is 4. The zero-order valence-corrected chi connectivity index (χ0v) is 13.5. The molecule has 1 aromatic heterocycles. The fourth-order valence-corrected chi connectivity index (χ4v) is 3.65. The molecule has 0 aromatic carbocycles. The average molecular weight is 309 g/mol. The molecule has 0 N–H and O–H groups in total. The molecule has 3 rings (SSSR count). The minimum Gasteiger partial charge on any atom is -0.348 e. The summed E-state index contributed by atoms with van der Waals surface area (Å²) in [7, 11) is 1.79. The normalized spacial score (nSPS) is 27.0. The monoisotopic (exact) mass is 308 g/mol. The second-order valence-corrected chi connectivity index (χ2v) is 6.46. The second kappa shape index (κ2) is 5.44. The molecule has 0 spiro atoms. The summed E-state index contributed by atoms with van der Waals surface area (Å²) < 4.78 is 0. The Morgan fingerprint density at radius 1 is 1.29 bits per heavy atom. The number of carbonyl (C=O) groups excluding carboxylic acids is 1. The van der Waals surface area contributed by atoms with E-state index >= 15 is 0 Å².